The van der Waals surface area contributed by atoms with Gasteiger partial charge in [-0.05, 0) is 42.8 Å². The van der Waals surface area contributed by atoms with Gasteiger partial charge in [0, 0.05) is 23.5 Å². The summed E-state index contributed by atoms with van der Waals surface area (Å²) >= 11 is 0. The highest BCUT2D eigenvalue weighted by atomic mass is 16.5. The van der Waals surface area contributed by atoms with Crippen molar-refractivity contribution in [2.45, 2.75) is 13.3 Å². The van der Waals surface area contributed by atoms with Crippen LogP contribution in [0.3, 0.4) is 0 Å². The van der Waals surface area contributed by atoms with Crippen LogP contribution in [-0.4, -0.2) is 32.3 Å². The lowest BCUT2D eigenvalue weighted by molar-refractivity contribution is -0.114. The fraction of sp³-hybridized carbons (Fsp3) is 0.240. The quantitative estimate of drug-likeness (QED) is 0.404. The van der Waals surface area contributed by atoms with Crippen molar-refractivity contribution < 1.29 is 19.0 Å². The lowest BCUT2D eigenvalue weighted by atomic mass is 10.3. The molecule has 0 atom stereocenters. The third kappa shape index (κ3) is 7.93. The van der Waals surface area contributed by atoms with Crippen molar-refractivity contribution in [2.24, 2.45) is 0 Å². The van der Waals surface area contributed by atoms with Crippen LogP contribution in [0.15, 0.2) is 78.9 Å². The van der Waals surface area contributed by atoms with Crippen LogP contribution in [0.5, 0.6) is 17.2 Å². The summed E-state index contributed by atoms with van der Waals surface area (Å²) in [4.78, 5) is 12.3. The molecule has 6 nitrogen and oxygen atoms in total. The molecule has 0 aliphatic rings. The first kappa shape index (κ1) is 22.0. The van der Waals surface area contributed by atoms with Gasteiger partial charge in [0.15, 0.2) is 0 Å². The van der Waals surface area contributed by atoms with Crippen molar-refractivity contribution in [3.8, 4) is 17.2 Å². The van der Waals surface area contributed by atoms with Gasteiger partial charge in [-0.3, -0.25) is 4.79 Å². The number of hydrogen-bond donors (Lipinski definition) is 2. The Hall–Kier alpha value is -3.67. The second-order valence-corrected chi connectivity index (χ2v) is 6.82. The minimum atomic E-state index is -0.149. The van der Waals surface area contributed by atoms with E-state index in [-0.39, 0.29) is 12.5 Å². The highest BCUT2D eigenvalue weighted by Crippen LogP contribution is 2.19. The van der Waals surface area contributed by atoms with Crippen LogP contribution in [0.25, 0.3) is 0 Å². The first-order valence-electron chi connectivity index (χ1n) is 10.4. The van der Waals surface area contributed by atoms with Crippen molar-refractivity contribution in [1.29, 1.82) is 0 Å². The standard InChI is InChI=1S/C25H28N2O4/c1-2-14-29-23-12-6-8-20(17-23)26-19-25(28)27-21-9-7-13-24(18-21)31-16-15-30-22-10-4-3-5-11-22/h3-13,17-18,26H,2,14-16,19H2,1H3,(H,27,28). The number of nitrogens with one attached hydrogen (secondary N) is 2. The molecule has 31 heavy (non-hydrogen) atoms. The molecule has 0 radical (unpaired) electrons. The van der Waals surface area contributed by atoms with E-state index in [4.69, 9.17) is 14.2 Å². The van der Waals surface area contributed by atoms with Crippen LogP contribution >= 0.6 is 0 Å². The van der Waals surface area contributed by atoms with Crippen molar-refractivity contribution >= 4 is 17.3 Å². The van der Waals surface area contributed by atoms with E-state index >= 15 is 0 Å². The Kier molecular flexibility index (Phi) is 8.61. The average molecular weight is 421 g/mol. The summed E-state index contributed by atoms with van der Waals surface area (Å²) in [5, 5.41) is 5.99. The predicted octanol–water partition coefficient (Wildman–Crippen LogP) is 4.98. The first-order chi connectivity index (χ1) is 15.2. The fourth-order valence-corrected chi connectivity index (χ4v) is 2.80. The van der Waals surface area contributed by atoms with Gasteiger partial charge in [0.05, 0.1) is 13.2 Å². The van der Waals surface area contributed by atoms with Gasteiger partial charge in [0.2, 0.25) is 5.91 Å². The minimum Gasteiger partial charge on any atom is -0.494 e. The van der Waals surface area contributed by atoms with E-state index in [1.165, 1.54) is 0 Å². The number of anilines is 2. The number of para-hydroxylation sites is 1. The summed E-state index contributed by atoms with van der Waals surface area (Å²) in [6, 6.07) is 24.5. The second-order valence-electron chi connectivity index (χ2n) is 6.82. The zero-order chi connectivity index (χ0) is 21.7. The van der Waals surface area contributed by atoms with E-state index in [0.29, 0.717) is 31.3 Å². The topological polar surface area (TPSA) is 68.8 Å². The molecule has 3 rings (SSSR count). The summed E-state index contributed by atoms with van der Waals surface area (Å²) in [6.07, 6.45) is 0.947. The van der Waals surface area contributed by atoms with Crippen molar-refractivity contribution in [2.75, 3.05) is 37.0 Å². The molecule has 162 valence electrons. The summed E-state index contributed by atoms with van der Waals surface area (Å²) in [6.45, 7) is 3.72. The SMILES string of the molecule is CCCOc1cccc(NCC(=O)Nc2cccc(OCCOc3ccccc3)c2)c1. The monoisotopic (exact) mass is 420 g/mol. The molecule has 0 aliphatic heterocycles. The van der Waals surface area contributed by atoms with Gasteiger partial charge in [-0.2, -0.15) is 0 Å². The molecule has 0 aromatic heterocycles. The Balaban J connectivity index is 1.42. The highest BCUT2D eigenvalue weighted by Gasteiger charge is 2.05. The van der Waals surface area contributed by atoms with E-state index in [1.54, 1.807) is 6.07 Å². The molecule has 1 amide bonds. The largest absolute Gasteiger partial charge is 0.494 e. The van der Waals surface area contributed by atoms with E-state index in [9.17, 15) is 4.79 Å². The minimum absolute atomic E-state index is 0.146. The maximum absolute atomic E-state index is 12.3. The van der Waals surface area contributed by atoms with Crippen molar-refractivity contribution in [3.63, 3.8) is 0 Å². The number of amides is 1. The van der Waals surface area contributed by atoms with E-state index in [1.807, 2.05) is 72.8 Å². The Morgan fingerprint density at radius 3 is 2.00 bits per heavy atom. The average Bonchev–Trinajstić information content (AvgIpc) is 2.80. The maximum Gasteiger partial charge on any atom is 0.243 e. The molecule has 0 saturated heterocycles. The Morgan fingerprint density at radius 1 is 0.710 bits per heavy atom. The van der Waals surface area contributed by atoms with E-state index in [2.05, 4.69) is 17.6 Å². The predicted molar refractivity (Wildman–Crippen MR) is 123 cm³/mol. The van der Waals surface area contributed by atoms with Crippen LogP contribution in [0.2, 0.25) is 0 Å². The molecule has 0 bridgehead atoms. The zero-order valence-corrected chi connectivity index (χ0v) is 17.7. The smallest absolute Gasteiger partial charge is 0.243 e. The number of carbonyl (C=O) groups is 1. The number of ether oxygens (including phenoxy) is 3. The van der Waals surface area contributed by atoms with Crippen LogP contribution in [-0.2, 0) is 4.79 Å². The van der Waals surface area contributed by atoms with Gasteiger partial charge in [0.1, 0.15) is 30.5 Å². The van der Waals surface area contributed by atoms with Crippen LogP contribution in [0.1, 0.15) is 13.3 Å². The van der Waals surface area contributed by atoms with Gasteiger partial charge in [-0.15, -0.1) is 0 Å². The van der Waals surface area contributed by atoms with E-state index < -0.39 is 0 Å². The molecule has 0 fully saturated rings. The molecule has 6 heteroatoms. The number of rotatable bonds is 12. The van der Waals surface area contributed by atoms with Gasteiger partial charge in [-0.1, -0.05) is 37.3 Å². The van der Waals surface area contributed by atoms with Gasteiger partial charge in [0.25, 0.3) is 0 Å². The fourth-order valence-electron chi connectivity index (χ4n) is 2.80. The third-order valence-corrected chi connectivity index (χ3v) is 4.24. The summed E-state index contributed by atoms with van der Waals surface area (Å²) < 4.78 is 16.9. The van der Waals surface area contributed by atoms with Gasteiger partial charge >= 0.3 is 0 Å². The molecule has 0 unspecified atom stereocenters. The van der Waals surface area contributed by atoms with Crippen LogP contribution < -0.4 is 24.8 Å². The molecule has 0 heterocycles. The third-order valence-electron chi connectivity index (χ3n) is 4.24. The number of benzene rings is 3. The molecule has 3 aromatic rings. The normalized spacial score (nSPS) is 10.2. The summed E-state index contributed by atoms with van der Waals surface area (Å²) in [5.41, 5.74) is 1.51. The van der Waals surface area contributed by atoms with E-state index in [0.717, 1.165) is 23.6 Å². The molecule has 0 aliphatic carbocycles. The van der Waals surface area contributed by atoms with Gasteiger partial charge in [-0.25, -0.2) is 0 Å². The lowest BCUT2D eigenvalue weighted by Gasteiger charge is -2.11. The molecule has 3 aromatic carbocycles. The molecule has 0 spiro atoms. The molecular weight excluding hydrogens is 392 g/mol. The summed E-state index contributed by atoms with van der Waals surface area (Å²) in [7, 11) is 0. The first-order valence-corrected chi connectivity index (χ1v) is 10.4. The molecular formula is C25H28N2O4. The highest BCUT2D eigenvalue weighted by molar-refractivity contribution is 5.93. The second kappa shape index (κ2) is 12.1. The van der Waals surface area contributed by atoms with Gasteiger partial charge < -0.3 is 24.8 Å². The maximum atomic E-state index is 12.3. The van der Waals surface area contributed by atoms with Crippen molar-refractivity contribution in [1.82, 2.24) is 0 Å². The molecule has 0 saturated carbocycles. The summed E-state index contributed by atoms with van der Waals surface area (Å²) in [5.74, 6) is 2.11. The zero-order valence-electron chi connectivity index (χ0n) is 17.7. The lowest BCUT2D eigenvalue weighted by Crippen LogP contribution is -2.21. The van der Waals surface area contributed by atoms with Crippen molar-refractivity contribution in [3.05, 3.63) is 78.9 Å². The number of hydrogen-bond acceptors (Lipinski definition) is 5. The number of carbonyl (C=O) groups excluding carboxylic acids is 1. The molecule has 2 N–H and O–H groups in total. The van der Waals surface area contributed by atoms with Crippen LogP contribution in [0.4, 0.5) is 11.4 Å². The Morgan fingerprint density at radius 2 is 1.29 bits per heavy atom. The Bertz CT molecular complexity index is 947. The Labute approximate surface area is 183 Å². The van der Waals surface area contributed by atoms with Crippen LogP contribution in [0, 0.1) is 0 Å².